The normalized spacial score (nSPS) is 17.0. The van der Waals surface area contributed by atoms with Gasteiger partial charge >= 0.3 is 5.56 Å². The molecular weight excluding hydrogens is 544 g/mol. The van der Waals surface area contributed by atoms with Gasteiger partial charge < -0.3 is 9.64 Å². The summed E-state index contributed by atoms with van der Waals surface area (Å²) in [5.41, 5.74) is 3.47. The minimum atomic E-state index is -3.55. The maximum Gasteiger partial charge on any atom is 0.316 e. The van der Waals surface area contributed by atoms with E-state index in [1.54, 1.807) is 30.5 Å². The summed E-state index contributed by atoms with van der Waals surface area (Å²) in [7, 11) is -3.55. The lowest BCUT2D eigenvalue weighted by Crippen LogP contribution is -2.49. The van der Waals surface area contributed by atoms with Gasteiger partial charge in [-0.2, -0.15) is 19.3 Å². The molecule has 0 unspecified atom stereocenters. The number of hydrogen-bond acceptors (Lipinski definition) is 9. The van der Waals surface area contributed by atoms with Gasteiger partial charge in [0, 0.05) is 37.2 Å². The van der Waals surface area contributed by atoms with Crippen LogP contribution in [0.3, 0.4) is 0 Å². The fourth-order valence-electron chi connectivity index (χ4n) is 4.88. The van der Waals surface area contributed by atoms with Gasteiger partial charge in [-0.15, -0.1) is 10.2 Å². The Morgan fingerprint density at radius 3 is 2.46 bits per heavy atom. The molecule has 1 aliphatic carbocycles. The standard InChI is InChI=1S/C28H32N8O4S/c1-20-4-3-5-23(16-20)36-27(37)25(40-19-28(2)10-11-28)24(17-29-36)34-12-14-35(15-13-34)41(38,39)18-21-6-8-22(9-7-21)26-30-32-33-31-26/h3-9,16-17H,10-15,18-19H2,1-2H3,(H,30,31,32,33). The molecule has 1 saturated heterocycles. The zero-order valence-electron chi connectivity index (χ0n) is 23.0. The average Bonchev–Trinajstić information content (AvgIpc) is 3.45. The van der Waals surface area contributed by atoms with Crippen LogP contribution in [0.5, 0.6) is 5.75 Å². The van der Waals surface area contributed by atoms with Gasteiger partial charge in [0.2, 0.25) is 21.6 Å². The first kappa shape index (κ1) is 27.1. The van der Waals surface area contributed by atoms with Crippen LogP contribution in [0.15, 0.2) is 59.5 Å². The smallest absolute Gasteiger partial charge is 0.316 e. The summed E-state index contributed by atoms with van der Waals surface area (Å²) in [5.74, 6) is 0.597. The summed E-state index contributed by atoms with van der Waals surface area (Å²) in [6.45, 7) is 5.98. The molecule has 13 heteroatoms. The van der Waals surface area contributed by atoms with Crippen molar-refractivity contribution >= 4 is 15.7 Å². The number of aryl methyl sites for hydroxylation is 1. The molecule has 0 radical (unpaired) electrons. The van der Waals surface area contributed by atoms with E-state index in [1.165, 1.54) is 8.99 Å². The Morgan fingerprint density at radius 1 is 1.05 bits per heavy atom. The van der Waals surface area contributed by atoms with Crippen molar-refractivity contribution in [2.24, 2.45) is 5.41 Å². The van der Waals surface area contributed by atoms with Crippen molar-refractivity contribution < 1.29 is 13.2 Å². The number of benzene rings is 2. The maximum absolute atomic E-state index is 13.6. The first-order valence-corrected chi connectivity index (χ1v) is 15.2. The zero-order chi connectivity index (χ0) is 28.6. The molecule has 6 rings (SSSR count). The molecule has 2 aromatic carbocycles. The fraction of sp³-hybridized carbons (Fsp3) is 0.393. The lowest BCUT2D eigenvalue weighted by Gasteiger charge is -2.35. The molecular formula is C28H32N8O4S. The van der Waals surface area contributed by atoms with Crippen LogP contribution in [0, 0.1) is 12.3 Å². The Kier molecular flexibility index (Phi) is 7.08. The predicted octanol–water partition coefficient (Wildman–Crippen LogP) is 2.55. The quantitative estimate of drug-likeness (QED) is 0.318. The van der Waals surface area contributed by atoms with Crippen LogP contribution < -0.4 is 15.2 Å². The molecule has 1 aliphatic heterocycles. The number of H-pyrrole nitrogens is 1. The topological polar surface area (TPSA) is 139 Å². The van der Waals surface area contributed by atoms with Crippen LogP contribution >= 0.6 is 0 Å². The highest BCUT2D eigenvalue weighted by Gasteiger charge is 2.39. The molecule has 41 heavy (non-hydrogen) atoms. The van der Waals surface area contributed by atoms with E-state index < -0.39 is 10.0 Å². The van der Waals surface area contributed by atoms with Crippen LogP contribution in [0.4, 0.5) is 5.69 Å². The van der Waals surface area contributed by atoms with Crippen molar-refractivity contribution in [1.82, 2.24) is 34.7 Å². The number of nitrogens with one attached hydrogen (secondary N) is 1. The summed E-state index contributed by atoms with van der Waals surface area (Å²) in [4.78, 5) is 15.6. The number of tetrazole rings is 1. The van der Waals surface area contributed by atoms with E-state index in [4.69, 9.17) is 4.74 Å². The van der Waals surface area contributed by atoms with Gasteiger partial charge in [0.1, 0.15) is 5.69 Å². The van der Waals surface area contributed by atoms with Crippen LogP contribution in [0.1, 0.15) is 30.9 Å². The zero-order valence-corrected chi connectivity index (χ0v) is 23.8. The molecule has 2 fully saturated rings. The number of rotatable bonds is 9. The van der Waals surface area contributed by atoms with Crippen molar-refractivity contribution in [3.8, 4) is 22.8 Å². The summed E-state index contributed by atoms with van der Waals surface area (Å²) in [6.07, 6.45) is 3.79. The highest BCUT2D eigenvalue weighted by Crippen LogP contribution is 2.45. The second kappa shape index (κ2) is 10.7. The molecule has 0 atom stereocenters. The van der Waals surface area contributed by atoms with Gasteiger partial charge in [0.25, 0.3) is 0 Å². The van der Waals surface area contributed by atoms with Gasteiger partial charge in [-0.05, 0) is 48.2 Å². The Balaban J connectivity index is 1.18. The van der Waals surface area contributed by atoms with E-state index in [1.807, 2.05) is 36.1 Å². The van der Waals surface area contributed by atoms with Gasteiger partial charge in [0.05, 0.1) is 24.2 Å². The molecule has 1 saturated carbocycles. The minimum absolute atomic E-state index is 0.0810. The van der Waals surface area contributed by atoms with Crippen LogP contribution in [-0.2, 0) is 15.8 Å². The van der Waals surface area contributed by atoms with E-state index in [9.17, 15) is 13.2 Å². The highest BCUT2D eigenvalue weighted by molar-refractivity contribution is 7.88. The molecule has 4 aromatic rings. The van der Waals surface area contributed by atoms with Gasteiger partial charge in [-0.25, -0.2) is 8.42 Å². The number of aromatic nitrogens is 6. The van der Waals surface area contributed by atoms with E-state index in [0.717, 1.165) is 24.0 Å². The third-order valence-electron chi connectivity index (χ3n) is 7.71. The molecule has 214 valence electrons. The van der Waals surface area contributed by atoms with Crippen LogP contribution in [0.2, 0.25) is 0 Å². The Morgan fingerprint density at radius 2 is 1.80 bits per heavy atom. The van der Waals surface area contributed by atoms with E-state index >= 15 is 0 Å². The molecule has 0 amide bonds. The van der Waals surface area contributed by atoms with Crippen molar-refractivity contribution in [2.45, 2.75) is 32.4 Å². The minimum Gasteiger partial charge on any atom is -0.486 e. The van der Waals surface area contributed by atoms with E-state index in [-0.39, 0.29) is 22.5 Å². The average molecular weight is 577 g/mol. The molecule has 1 N–H and O–H groups in total. The lowest BCUT2D eigenvalue weighted by atomic mass is 10.1. The van der Waals surface area contributed by atoms with Crippen molar-refractivity contribution in [1.29, 1.82) is 0 Å². The second-order valence-corrected chi connectivity index (χ2v) is 13.1. The third kappa shape index (κ3) is 5.86. The summed E-state index contributed by atoms with van der Waals surface area (Å²) >= 11 is 0. The van der Waals surface area contributed by atoms with Crippen LogP contribution in [-0.4, -0.2) is 75.9 Å². The molecule has 3 heterocycles. The van der Waals surface area contributed by atoms with Crippen LogP contribution in [0.25, 0.3) is 17.1 Å². The number of anilines is 1. The lowest BCUT2D eigenvalue weighted by molar-refractivity contribution is 0.242. The third-order valence-corrected chi connectivity index (χ3v) is 9.56. The summed E-state index contributed by atoms with van der Waals surface area (Å²) in [5, 5.41) is 18.3. The fourth-order valence-corrected chi connectivity index (χ4v) is 6.40. The highest BCUT2D eigenvalue weighted by atomic mass is 32.2. The number of hydrogen-bond donors (Lipinski definition) is 1. The molecule has 2 aromatic heterocycles. The number of sulfonamides is 1. The molecule has 12 nitrogen and oxygen atoms in total. The number of nitrogens with zero attached hydrogens (tertiary/aromatic N) is 7. The Bertz CT molecular complexity index is 1690. The summed E-state index contributed by atoms with van der Waals surface area (Å²) < 4.78 is 35.6. The largest absolute Gasteiger partial charge is 0.486 e. The first-order chi connectivity index (χ1) is 19.7. The first-order valence-electron chi connectivity index (χ1n) is 13.6. The van der Waals surface area contributed by atoms with Gasteiger partial charge in [0.15, 0.2) is 0 Å². The molecule has 0 spiro atoms. The maximum atomic E-state index is 13.6. The Labute approximate surface area is 238 Å². The molecule has 0 bridgehead atoms. The van der Waals surface area contributed by atoms with Gasteiger partial charge in [-0.3, -0.25) is 4.79 Å². The predicted molar refractivity (Wildman–Crippen MR) is 153 cm³/mol. The van der Waals surface area contributed by atoms with Gasteiger partial charge in [-0.1, -0.05) is 43.3 Å². The number of piperazine rings is 1. The van der Waals surface area contributed by atoms with Crippen molar-refractivity contribution in [2.75, 3.05) is 37.7 Å². The summed E-state index contributed by atoms with van der Waals surface area (Å²) in [6, 6.07) is 14.7. The monoisotopic (exact) mass is 576 g/mol. The number of aromatic amines is 1. The SMILES string of the molecule is Cc1cccc(-n2ncc(N3CCN(S(=O)(=O)Cc4ccc(-c5nn[nH]n5)cc4)CC3)c(OCC3(C)CC3)c2=O)c1. The van der Waals surface area contributed by atoms with E-state index in [0.29, 0.717) is 55.5 Å². The Hall–Kier alpha value is -4.10. The van der Waals surface area contributed by atoms with Crippen molar-refractivity contribution in [3.05, 3.63) is 76.2 Å². The molecule has 2 aliphatic rings. The number of ether oxygens (including phenoxy) is 1. The second-order valence-electron chi connectivity index (χ2n) is 11.1. The van der Waals surface area contributed by atoms with E-state index in [2.05, 4.69) is 32.6 Å². The van der Waals surface area contributed by atoms with Crippen molar-refractivity contribution in [3.63, 3.8) is 0 Å².